The molecular weight excluding hydrogens is 248 g/mol. The first-order valence-corrected chi connectivity index (χ1v) is 7.47. The minimum atomic E-state index is 0.458. The van der Waals surface area contributed by atoms with Crippen molar-refractivity contribution in [3.05, 3.63) is 36.0 Å². The van der Waals surface area contributed by atoms with Gasteiger partial charge in [-0.15, -0.1) is 0 Å². The van der Waals surface area contributed by atoms with Crippen LogP contribution in [0.1, 0.15) is 32.4 Å². The first kappa shape index (κ1) is 13.4. The van der Waals surface area contributed by atoms with E-state index in [0.717, 1.165) is 36.0 Å². The van der Waals surface area contributed by atoms with Gasteiger partial charge >= 0.3 is 0 Å². The molecule has 0 spiro atoms. The third kappa shape index (κ3) is 3.28. The van der Waals surface area contributed by atoms with Crippen molar-refractivity contribution in [3.63, 3.8) is 0 Å². The van der Waals surface area contributed by atoms with Crippen LogP contribution in [0.15, 0.2) is 30.3 Å². The van der Waals surface area contributed by atoms with E-state index in [1.807, 2.05) is 6.07 Å². The maximum atomic E-state index is 5.95. The van der Waals surface area contributed by atoms with Gasteiger partial charge in [-0.05, 0) is 36.3 Å². The van der Waals surface area contributed by atoms with Gasteiger partial charge in [0.05, 0.1) is 12.3 Å². The predicted octanol–water partition coefficient (Wildman–Crippen LogP) is 3.52. The van der Waals surface area contributed by atoms with Crippen molar-refractivity contribution in [2.45, 2.75) is 39.3 Å². The van der Waals surface area contributed by atoms with Crippen LogP contribution in [-0.4, -0.2) is 17.6 Å². The summed E-state index contributed by atoms with van der Waals surface area (Å²) in [4.78, 5) is 4.69. The Kier molecular flexibility index (Phi) is 3.88. The van der Waals surface area contributed by atoms with Gasteiger partial charge in [0.1, 0.15) is 0 Å². The van der Waals surface area contributed by atoms with E-state index in [4.69, 9.17) is 4.74 Å². The molecule has 0 amide bonds. The van der Waals surface area contributed by atoms with Gasteiger partial charge in [-0.3, -0.25) is 0 Å². The number of hydrogen-bond acceptors (Lipinski definition) is 3. The van der Waals surface area contributed by atoms with E-state index in [0.29, 0.717) is 6.04 Å². The third-order valence-corrected chi connectivity index (χ3v) is 3.60. The van der Waals surface area contributed by atoms with Gasteiger partial charge in [-0.2, -0.15) is 0 Å². The summed E-state index contributed by atoms with van der Waals surface area (Å²) in [6.07, 6.45) is 2.60. The number of aromatic nitrogens is 1. The number of nitrogens with one attached hydrogen (secondary N) is 1. The summed E-state index contributed by atoms with van der Waals surface area (Å²) in [6, 6.07) is 10.9. The smallest absolute Gasteiger partial charge is 0.221 e. The summed E-state index contributed by atoms with van der Waals surface area (Å²) in [5.41, 5.74) is 1.04. The molecule has 0 radical (unpaired) electrons. The zero-order valence-corrected chi connectivity index (χ0v) is 12.2. The maximum Gasteiger partial charge on any atom is 0.221 e. The highest BCUT2D eigenvalue weighted by Gasteiger charge is 2.22. The number of nitrogens with zero attached hydrogens (tertiary/aromatic N) is 1. The average molecular weight is 270 g/mol. The van der Waals surface area contributed by atoms with Gasteiger partial charge in [0, 0.05) is 18.0 Å². The molecule has 3 rings (SSSR count). The quantitative estimate of drug-likeness (QED) is 0.872. The summed E-state index contributed by atoms with van der Waals surface area (Å²) >= 11 is 0. The number of hydrogen-bond donors (Lipinski definition) is 1. The van der Waals surface area contributed by atoms with Crippen molar-refractivity contribution in [2.75, 3.05) is 6.61 Å². The van der Waals surface area contributed by atoms with Crippen molar-refractivity contribution in [3.8, 4) is 5.88 Å². The molecule has 106 valence electrons. The van der Waals surface area contributed by atoms with Gasteiger partial charge in [0.2, 0.25) is 5.88 Å². The highest BCUT2D eigenvalue weighted by atomic mass is 16.5. The topological polar surface area (TPSA) is 34.1 Å². The second-order valence-corrected chi connectivity index (χ2v) is 5.93. The Morgan fingerprint density at radius 3 is 2.85 bits per heavy atom. The number of ether oxygens (including phenoxy) is 1. The van der Waals surface area contributed by atoms with Crippen LogP contribution in [0.25, 0.3) is 10.8 Å². The van der Waals surface area contributed by atoms with Gasteiger partial charge in [-0.1, -0.05) is 32.0 Å². The second kappa shape index (κ2) is 5.80. The van der Waals surface area contributed by atoms with Crippen molar-refractivity contribution in [1.82, 2.24) is 10.3 Å². The monoisotopic (exact) mass is 270 g/mol. The van der Waals surface area contributed by atoms with Crippen molar-refractivity contribution >= 4 is 10.8 Å². The fourth-order valence-corrected chi connectivity index (χ4v) is 2.21. The number of pyridine rings is 1. The molecule has 1 aromatic heterocycles. The van der Waals surface area contributed by atoms with Crippen LogP contribution in [0.5, 0.6) is 5.88 Å². The molecule has 3 nitrogen and oxygen atoms in total. The summed E-state index contributed by atoms with van der Waals surface area (Å²) in [5.74, 6) is 1.53. The first-order chi connectivity index (χ1) is 9.72. The summed E-state index contributed by atoms with van der Waals surface area (Å²) < 4.78 is 5.95. The summed E-state index contributed by atoms with van der Waals surface area (Å²) in [5, 5.41) is 5.73. The molecule has 1 fully saturated rings. The minimum absolute atomic E-state index is 0.458. The normalized spacial score (nSPS) is 14.9. The molecule has 1 aliphatic rings. The van der Waals surface area contributed by atoms with Crippen molar-refractivity contribution < 1.29 is 4.74 Å². The molecule has 1 N–H and O–H groups in total. The number of rotatable bonds is 6. The molecule has 20 heavy (non-hydrogen) atoms. The Labute approximate surface area is 120 Å². The zero-order chi connectivity index (χ0) is 13.9. The average Bonchev–Trinajstić information content (AvgIpc) is 3.26. The van der Waals surface area contributed by atoms with E-state index >= 15 is 0 Å². The lowest BCUT2D eigenvalue weighted by atomic mass is 10.1. The van der Waals surface area contributed by atoms with E-state index in [1.54, 1.807) is 0 Å². The number of benzene rings is 1. The highest BCUT2D eigenvalue weighted by Crippen LogP contribution is 2.31. The fraction of sp³-hybridized carbons (Fsp3) is 0.471. The Hall–Kier alpha value is -1.61. The molecule has 1 saturated carbocycles. The van der Waals surface area contributed by atoms with Crippen molar-refractivity contribution in [2.24, 2.45) is 5.92 Å². The molecule has 0 unspecified atom stereocenters. The Bertz CT molecular complexity index is 591. The largest absolute Gasteiger partial charge is 0.477 e. The molecule has 3 heteroatoms. The van der Waals surface area contributed by atoms with E-state index < -0.39 is 0 Å². The van der Waals surface area contributed by atoms with E-state index in [2.05, 4.69) is 48.4 Å². The molecule has 2 aromatic rings. The van der Waals surface area contributed by atoms with Crippen LogP contribution in [0.2, 0.25) is 0 Å². The molecule has 0 bridgehead atoms. The van der Waals surface area contributed by atoms with Crippen LogP contribution < -0.4 is 10.1 Å². The van der Waals surface area contributed by atoms with E-state index in [1.165, 1.54) is 18.2 Å². The molecular formula is C17H22N2O. The minimum Gasteiger partial charge on any atom is -0.477 e. The van der Waals surface area contributed by atoms with Crippen LogP contribution in [0, 0.1) is 5.92 Å². The summed E-state index contributed by atoms with van der Waals surface area (Å²) in [7, 11) is 0. The SMILES string of the molecule is CC(C)NCc1cc2ccccc2c(OCC2CC2)n1. The van der Waals surface area contributed by atoms with Gasteiger partial charge < -0.3 is 10.1 Å². The lowest BCUT2D eigenvalue weighted by Gasteiger charge is -2.12. The van der Waals surface area contributed by atoms with Crippen LogP contribution in [-0.2, 0) is 6.54 Å². The fourth-order valence-electron chi connectivity index (χ4n) is 2.21. The second-order valence-electron chi connectivity index (χ2n) is 5.93. The van der Waals surface area contributed by atoms with E-state index in [9.17, 15) is 0 Å². The van der Waals surface area contributed by atoms with Crippen LogP contribution in [0.4, 0.5) is 0 Å². The zero-order valence-electron chi connectivity index (χ0n) is 12.2. The molecule has 0 aliphatic heterocycles. The standard InChI is InChI=1S/C17H22N2O/c1-12(2)18-10-15-9-14-5-3-4-6-16(14)17(19-15)20-11-13-7-8-13/h3-6,9,12-13,18H,7-8,10-11H2,1-2H3. The van der Waals surface area contributed by atoms with Gasteiger partial charge in [-0.25, -0.2) is 4.98 Å². The van der Waals surface area contributed by atoms with Gasteiger partial charge in [0.15, 0.2) is 0 Å². The molecule has 1 heterocycles. The van der Waals surface area contributed by atoms with Gasteiger partial charge in [0.25, 0.3) is 0 Å². The Morgan fingerprint density at radius 2 is 2.10 bits per heavy atom. The van der Waals surface area contributed by atoms with Crippen LogP contribution in [0.3, 0.4) is 0 Å². The van der Waals surface area contributed by atoms with Crippen molar-refractivity contribution in [1.29, 1.82) is 0 Å². The molecule has 1 aliphatic carbocycles. The maximum absolute atomic E-state index is 5.95. The molecule has 1 aromatic carbocycles. The third-order valence-electron chi connectivity index (χ3n) is 3.60. The lowest BCUT2D eigenvalue weighted by Crippen LogP contribution is -2.22. The lowest BCUT2D eigenvalue weighted by molar-refractivity contribution is 0.291. The highest BCUT2D eigenvalue weighted by molar-refractivity contribution is 5.87. The Morgan fingerprint density at radius 1 is 1.30 bits per heavy atom. The predicted molar refractivity (Wildman–Crippen MR) is 81.9 cm³/mol. The molecule has 0 atom stereocenters. The van der Waals surface area contributed by atoms with E-state index in [-0.39, 0.29) is 0 Å². The summed E-state index contributed by atoms with van der Waals surface area (Å²) in [6.45, 7) is 5.87. The Balaban J connectivity index is 1.87. The van der Waals surface area contributed by atoms with Crippen LogP contribution >= 0.6 is 0 Å². The first-order valence-electron chi connectivity index (χ1n) is 7.47. The number of fused-ring (bicyclic) bond motifs is 1. The molecule has 0 saturated heterocycles.